The third-order valence-corrected chi connectivity index (χ3v) is 6.88. The molecule has 1 fully saturated rings. The van der Waals surface area contributed by atoms with Crippen molar-refractivity contribution >= 4 is 11.6 Å². The molecule has 0 bridgehead atoms. The van der Waals surface area contributed by atoms with Crippen molar-refractivity contribution in [1.82, 2.24) is 4.90 Å². The van der Waals surface area contributed by atoms with Crippen molar-refractivity contribution in [2.75, 3.05) is 13.1 Å². The lowest BCUT2D eigenvalue weighted by Gasteiger charge is -2.34. The van der Waals surface area contributed by atoms with Crippen molar-refractivity contribution in [3.63, 3.8) is 0 Å². The molecule has 0 saturated heterocycles. The van der Waals surface area contributed by atoms with Gasteiger partial charge in [0.2, 0.25) is 0 Å². The summed E-state index contributed by atoms with van der Waals surface area (Å²) >= 11 is 6.11. The predicted molar refractivity (Wildman–Crippen MR) is 122 cm³/mol. The summed E-state index contributed by atoms with van der Waals surface area (Å²) in [5.74, 6) is 0.491. The van der Waals surface area contributed by atoms with Crippen molar-refractivity contribution in [2.24, 2.45) is 5.92 Å². The van der Waals surface area contributed by atoms with E-state index >= 15 is 0 Å². The van der Waals surface area contributed by atoms with Gasteiger partial charge in [0.05, 0.1) is 11.5 Å². The summed E-state index contributed by atoms with van der Waals surface area (Å²) in [5.41, 5.74) is 2.18. The molecule has 0 aromatic heterocycles. The lowest BCUT2D eigenvalue weighted by Crippen LogP contribution is -2.38. The average molecular weight is 409 g/mol. The van der Waals surface area contributed by atoms with E-state index in [1.807, 2.05) is 12.1 Å². The van der Waals surface area contributed by atoms with E-state index in [1.54, 1.807) is 0 Å². The first-order chi connectivity index (χ1) is 14.1. The van der Waals surface area contributed by atoms with Gasteiger partial charge in [-0.05, 0) is 74.2 Å². The van der Waals surface area contributed by atoms with Gasteiger partial charge in [-0.2, -0.15) is 5.26 Å². The normalized spacial score (nSPS) is 16.9. The molecule has 154 valence electrons. The Hall–Kier alpha value is -1.82. The molecular formula is C26H33ClN2. The van der Waals surface area contributed by atoms with E-state index in [1.165, 1.54) is 18.4 Å². The second-order valence-corrected chi connectivity index (χ2v) is 8.77. The van der Waals surface area contributed by atoms with E-state index in [2.05, 4.69) is 67.3 Å². The second-order valence-electron chi connectivity index (χ2n) is 8.33. The average Bonchev–Trinajstić information content (AvgIpc) is 3.60. The van der Waals surface area contributed by atoms with Gasteiger partial charge in [0.1, 0.15) is 0 Å². The Labute approximate surface area is 181 Å². The summed E-state index contributed by atoms with van der Waals surface area (Å²) in [6.07, 6.45) is 6.52. The quantitative estimate of drug-likeness (QED) is 0.417. The number of hydrogen-bond acceptors (Lipinski definition) is 2. The van der Waals surface area contributed by atoms with E-state index in [-0.39, 0.29) is 5.41 Å². The Morgan fingerprint density at radius 1 is 1.10 bits per heavy atom. The van der Waals surface area contributed by atoms with Crippen molar-refractivity contribution in [3.8, 4) is 6.07 Å². The highest BCUT2D eigenvalue weighted by Gasteiger charge is 2.47. The highest BCUT2D eigenvalue weighted by atomic mass is 35.5. The summed E-state index contributed by atoms with van der Waals surface area (Å²) in [6.45, 7) is 6.66. The molecule has 2 atom stereocenters. The van der Waals surface area contributed by atoms with Gasteiger partial charge in [0.15, 0.2) is 0 Å². The second kappa shape index (κ2) is 10.3. The Morgan fingerprint density at radius 3 is 2.34 bits per heavy atom. The minimum Gasteiger partial charge on any atom is -0.300 e. The molecule has 2 unspecified atom stereocenters. The molecule has 0 radical (unpaired) electrons. The van der Waals surface area contributed by atoms with Crippen LogP contribution in [0.5, 0.6) is 0 Å². The molecule has 0 spiro atoms. The molecule has 1 aliphatic carbocycles. The number of hydrogen-bond donors (Lipinski definition) is 0. The molecule has 0 amide bonds. The first-order valence-electron chi connectivity index (χ1n) is 11.1. The molecule has 1 saturated carbocycles. The number of nitriles is 1. The van der Waals surface area contributed by atoms with Gasteiger partial charge >= 0.3 is 0 Å². The van der Waals surface area contributed by atoms with Crippen molar-refractivity contribution in [2.45, 2.75) is 63.8 Å². The molecule has 2 aromatic carbocycles. The van der Waals surface area contributed by atoms with Crippen LogP contribution >= 0.6 is 11.6 Å². The van der Waals surface area contributed by atoms with Gasteiger partial charge in [-0.15, -0.1) is 0 Å². The van der Waals surface area contributed by atoms with Crippen molar-refractivity contribution in [3.05, 3.63) is 70.7 Å². The fraction of sp³-hybridized carbons (Fsp3) is 0.500. The highest BCUT2D eigenvalue weighted by Crippen LogP contribution is 2.50. The molecule has 29 heavy (non-hydrogen) atoms. The van der Waals surface area contributed by atoms with Crippen molar-refractivity contribution < 1.29 is 0 Å². The summed E-state index contributed by atoms with van der Waals surface area (Å²) in [7, 11) is 0. The van der Waals surface area contributed by atoms with Gasteiger partial charge in [-0.25, -0.2) is 0 Å². The van der Waals surface area contributed by atoms with E-state index in [9.17, 15) is 5.26 Å². The molecule has 0 N–H and O–H groups in total. The van der Waals surface area contributed by atoms with Crippen LogP contribution in [0.15, 0.2) is 54.6 Å². The van der Waals surface area contributed by atoms with Gasteiger partial charge in [-0.3, -0.25) is 0 Å². The van der Waals surface area contributed by atoms with Crippen molar-refractivity contribution in [1.29, 1.82) is 5.26 Å². The Kier molecular flexibility index (Phi) is 7.76. The zero-order valence-electron chi connectivity index (χ0n) is 17.8. The van der Waals surface area contributed by atoms with Crippen LogP contribution in [0.1, 0.15) is 57.1 Å². The van der Waals surface area contributed by atoms with E-state index in [0.29, 0.717) is 12.0 Å². The maximum atomic E-state index is 10.2. The molecule has 3 rings (SSSR count). The molecule has 0 heterocycles. The summed E-state index contributed by atoms with van der Waals surface area (Å²) in [4.78, 5) is 2.60. The van der Waals surface area contributed by atoms with E-state index in [0.717, 1.165) is 49.4 Å². The molecule has 0 aliphatic heterocycles. The third kappa shape index (κ3) is 5.41. The fourth-order valence-electron chi connectivity index (χ4n) is 4.67. The largest absolute Gasteiger partial charge is 0.300 e. The Bertz CT molecular complexity index is 792. The standard InChI is InChI=1S/C26H33ClN2/c1-3-25(29(4-2)19-17-21-8-6-5-7-9-21)16-18-26(20-28,22-10-11-22)23-12-14-24(27)15-13-23/h5-9,12-15,22,25H,3-4,10-11,16-19H2,1-2H3. The van der Waals surface area contributed by atoms with Gasteiger partial charge < -0.3 is 4.90 Å². The molecule has 1 aliphatic rings. The van der Waals surface area contributed by atoms with Crippen LogP contribution in [0.4, 0.5) is 0 Å². The maximum absolute atomic E-state index is 10.2. The molecule has 2 nitrogen and oxygen atoms in total. The predicted octanol–water partition coefficient (Wildman–Crippen LogP) is 6.63. The monoisotopic (exact) mass is 408 g/mol. The molecule has 3 heteroatoms. The van der Waals surface area contributed by atoms with Crippen LogP contribution in [0, 0.1) is 17.2 Å². The SMILES string of the molecule is CCC(CCC(C#N)(c1ccc(Cl)cc1)C1CC1)N(CC)CCc1ccccc1. The van der Waals surface area contributed by atoms with Crippen LogP contribution in [0.2, 0.25) is 5.02 Å². The van der Waals surface area contributed by atoms with Crippen LogP contribution in [-0.4, -0.2) is 24.0 Å². The minimum atomic E-state index is -0.364. The number of likely N-dealkylation sites (N-methyl/N-ethyl adjacent to an activating group) is 1. The topological polar surface area (TPSA) is 27.0 Å². The molecule has 2 aromatic rings. The van der Waals surface area contributed by atoms with Gasteiger partial charge in [-0.1, -0.05) is 67.9 Å². The van der Waals surface area contributed by atoms with E-state index in [4.69, 9.17) is 11.6 Å². The van der Waals surface area contributed by atoms with Crippen LogP contribution in [0.3, 0.4) is 0 Å². The van der Waals surface area contributed by atoms with Gasteiger partial charge in [0.25, 0.3) is 0 Å². The van der Waals surface area contributed by atoms with Gasteiger partial charge in [0, 0.05) is 17.6 Å². The number of rotatable bonds is 11. The summed E-state index contributed by atoms with van der Waals surface area (Å²) in [6, 6.07) is 22.0. The summed E-state index contributed by atoms with van der Waals surface area (Å²) < 4.78 is 0. The number of halogens is 1. The molecular weight excluding hydrogens is 376 g/mol. The number of nitrogens with zero attached hydrogens (tertiary/aromatic N) is 2. The first-order valence-corrected chi connectivity index (χ1v) is 11.5. The zero-order chi connectivity index (χ0) is 20.7. The Morgan fingerprint density at radius 2 is 1.79 bits per heavy atom. The zero-order valence-corrected chi connectivity index (χ0v) is 18.5. The summed E-state index contributed by atoms with van der Waals surface area (Å²) in [5, 5.41) is 11.0. The van der Waals surface area contributed by atoms with Crippen LogP contribution in [0.25, 0.3) is 0 Å². The van der Waals surface area contributed by atoms with Crippen LogP contribution < -0.4 is 0 Å². The Balaban J connectivity index is 1.69. The maximum Gasteiger partial charge on any atom is 0.0851 e. The van der Waals surface area contributed by atoms with E-state index < -0.39 is 0 Å². The smallest absolute Gasteiger partial charge is 0.0851 e. The van der Waals surface area contributed by atoms with Crippen LogP contribution in [-0.2, 0) is 11.8 Å². The first kappa shape index (κ1) is 21.9. The minimum absolute atomic E-state index is 0.364. The third-order valence-electron chi connectivity index (χ3n) is 6.63. The number of benzene rings is 2. The highest BCUT2D eigenvalue weighted by molar-refractivity contribution is 6.30. The lowest BCUT2D eigenvalue weighted by molar-refractivity contribution is 0.181. The fourth-order valence-corrected chi connectivity index (χ4v) is 4.80. The lowest BCUT2D eigenvalue weighted by atomic mass is 9.73.